The van der Waals surface area contributed by atoms with E-state index in [4.69, 9.17) is 5.21 Å². The van der Waals surface area contributed by atoms with Crippen LogP contribution in [0.5, 0.6) is 0 Å². The Morgan fingerprint density at radius 3 is 2.78 bits per heavy atom. The number of aliphatic hydroxyl groups is 1. The molecule has 0 radical (unpaired) electrons. The third kappa shape index (κ3) is 5.20. The minimum atomic E-state index is -1.68. The Hall–Kier alpha value is -2.59. The van der Waals surface area contributed by atoms with Crippen molar-refractivity contribution in [2.45, 2.75) is 51.2 Å². The molecule has 0 aromatic carbocycles. The van der Waals surface area contributed by atoms with Gasteiger partial charge in [0.05, 0.1) is 12.1 Å². The van der Waals surface area contributed by atoms with E-state index in [0.717, 1.165) is 6.42 Å². The predicted molar refractivity (Wildman–Crippen MR) is 94.3 cm³/mol. The summed E-state index contributed by atoms with van der Waals surface area (Å²) in [5.74, 6) is -2.65. The number of hydroxylamine groups is 1. The fourth-order valence-electron chi connectivity index (χ4n) is 3.18. The average Bonchev–Trinajstić information content (AvgIpc) is 3.18. The summed E-state index contributed by atoms with van der Waals surface area (Å²) in [7, 11) is 0. The second-order valence-electron chi connectivity index (χ2n) is 6.44. The summed E-state index contributed by atoms with van der Waals surface area (Å²) in [6.45, 7) is 2.28. The number of likely N-dealkylation sites (tertiary alicyclic amines) is 1. The lowest BCUT2D eigenvalue weighted by molar-refractivity contribution is -0.152. The number of rotatable bonds is 8. The van der Waals surface area contributed by atoms with Gasteiger partial charge in [0, 0.05) is 18.9 Å². The van der Waals surface area contributed by atoms with Gasteiger partial charge in [-0.15, -0.1) is 0 Å². The van der Waals surface area contributed by atoms with E-state index >= 15 is 0 Å². The minimum Gasteiger partial charge on any atom is -0.382 e. The van der Waals surface area contributed by atoms with E-state index in [1.165, 1.54) is 29.0 Å². The maximum Gasteiger partial charge on any atom is 0.272 e. The Labute approximate surface area is 156 Å². The third-order valence-corrected chi connectivity index (χ3v) is 4.60. The van der Waals surface area contributed by atoms with Crippen LogP contribution in [0.4, 0.5) is 5.82 Å². The smallest absolute Gasteiger partial charge is 0.272 e. The molecule has 2 rings (SSSR count). The van der Waals surface area contributed by atoms with Crippen LogP contribution in [0.1, 0.15) is 39.0 Å². The molecule has 1 aromatic rings. The topological polar surface area (TPSA) is 145 Å². The first-order chi connectivity index (χ1) is 13.0. The molecule has 1 aliphatic heterocycles. The highest BCUT2D eigenvalue weighted by molar-refractivity contribution is 5.98. The zero-order valence-corrected chi connectivity index (χ0v) is 15.2. The Morgan fingerprint density at radius 1 is 1.37 bits per heavy atom. The van der Waals surface area contributed by atoms with Gasteiger partial charge in [-0.1, -0.05) is 19.8 Å². The van der Waals surface area contributed by atoms with E-state index in [9.17, 15) is 19.5 Å². The van der Waals surface area contributed by atoms with E-state index in [-0.39, 0.29) is 12.2 Å². The molecule has 0 aliphatic carbocycles. The Morgan fingerprint density at radius 2 is 2.15 bits per heavy atom. The fraction of sp³-hybridized carbons (Fsp3) is 0.588. The lowest BCUT2D eigenvalue weighted by Gasteiger charge is -2.29. The number of carbonyl (C=O) groups excluding carboxylic acids is 3. The van der Waals surface area contributed by atoms with Gasteiger partial charge in [-0.2, -0.15) is 0 Å². The molecule has 148 valence electrons. The zero-order valence-electron chi connectivity index (χ0n) is 15.2. The summed E-state index contributed by atoms with van der Waals surface area (Å²) in [4.78, 5) is 46.4. The summed E-state index contributed by atoms with van der Waals surface area (Å²) in [5.41, 5.74) is 1.38. The van der Waals surface area contributed by atoms with Gasteiger partial charge in [-0.05, 0) is 19.3 Å². The predicted octanol–water partition coefficient (Wildman–Crippen LogP) is 0.0788. The van der Waals surface area contributed by atoms with Crippen molar-refractivity contribution in [1.29, 1.82) is 0 Å². The van der Waals surface area contributed by atoms with Crippen molar-refractivity contribution < 1.29 is 24.7 Å². The quantitative estimate of drug-likeness (QED) is 0.370. The SMILES string of the molecule is CCCC[C@@H](C(=O)N1CCC[C@H]1C(=O)Nc1cnccn1)[C@H](O)C(=O)NO. The number of carbonyl (C=O) groups is 3. The van der Waals surface area contributed by atoms with Crippen LogP contribution in [0.3, 0.4) is 0 Å². The molecule has 1 aliphatic rings. The first-order valence-electron chi connectivity index (χ1n) is 8.99. The van der Waals surface area contributed by atoms with Crippen LogP contribution < -0.4 is 10.8 Å². The Bertz CT molecular complexity index is 656. The van der Waals surface area contributed by atoms with Gasteiger partial charge in [0.15, 0.2) is 5.82 Å². The zero-order chi connectivity index (χ0) is 19.8. The van der Waals surface area contributed by atoms with Crippen molar-refractivity contribution in [2.75, 3.05) is 11.9 Å². The standard InChI is InChI=1S/C17H25N5O5/c1-2-3-5-11(14(23)16(25)21-27)17(26)22-9-4-6-12(22)15(24)20-13-10-18-7-8-19-13/h7-8,10-12,14,23,27H,2-6,9H2,1H3,(H,21,25)(H,19,20,24)/t11-,12+,14+/m1/s1. The second kappa shape index (κ2) is 9.93. The van der Waals surface area contributed by atoms with Crippen molar-refractivity contribution in [2.24, 2.45) is 5.92 Å². The van der Waals surface area contributed by atoms with Crippen LogP contribution in [-0.2, 0) is 14.4 Å². The summed E-state index contributed by atoms with van der Waals surface area (Å²) in [5, 5.41) is 21.6. The average molecular weight is 379 g/mol. The molecule has 4 N–H and O–H groups in total. The van der Waals surface area contributed by atoms with Crippen LogP contribution in [-0.4, -0.2) is 61.6 Å². The minimum absolute atomic E-state index is 0.277. The van der Waals surface area contributed by atoms with Crippen molar-refractivity contribution in [1.82, 2.24) is 20.3 Å². The maximum atomic E-state index is 13.0. The molecule has 10 nitrogen and oxygen atoms in total. The van der Waals surface area contributed by atoms with Crippen LogP contribution in [0, 0.1) is 5.92 Å². The third-order valence-electron chi connectivity index (χ3n) is 4.60. The number of amides is 3. The van der Waals surface area contributed by atoms with Crippen molar-refractivity contribution in [3.05, 3.63) is 18.6 Å². The number of aromatic nitrogens is 2. The summed E-state index contributed by atoms with van der Waals surface area (Å²) >= 11 is 0. The second-order valence-corrected chi connectivity index (χ2v) is 6.44. The van der Waals surface area contributed by atoms with Crippen molar-refractivity contribution in [3.8, 4) is 0 Å². The van der Waals surface area contributed by atoms with Gasteiger partial charge in [0.1, 0.15) is 12.1 Å². The Kier molecular flexibility index (Phi) is 7.62. The van der Waals surface area contributed by atoms with Gasteiger partial charge in [0.2, 0.25) is 11.8 Å². The van der Waals surface area contributed by atoms with Gasteiger partial charge >= 0.3 is 0 Å². The van der Waals surface area contributed by atoms with E-state index in [0.29, 0.717) is 25.8 Å². The molecular weight excluding hydrogens is 354 g/mol. The molecule has 2 heterocycles. The molecular formula is C17H25N5O5. The first kappa shape index (κ1) is 20.7. The molecule has 10 heteroatoms. The monoisotopic (exact) mass is 379 g/mol. The van der Waals surface area contributed by atoms with Crippen LogP contribution >= 0.6 is 0 Å². The lowest BCUT2D eigenvalue weighted by atomic mass is 9.93. The molecule has 1 fully saturated rings. The largest absolute Gasteiger partial charge is 0.382 e. The van der Waals surface area contributed by atoms with Crippen LogP contribution in [0.2, 0.25) is 0 Å². The molecule has 0 unspecified atom stereocenters. The van der Waals surface area contributed by atoms with Gasteiger partial charge < -0.3 is 15.3 Å². The van der Waals surface area contributed by atoms with Gasteiger partial charge in [-0.3, -0.25) is 24.6 Å². The molecule has 0 saturated carbocycles. The molecule has 3 atom stereocenters. The molecule has 0 bridgehead atoms. The highest BCUT2D eigenvalue weighted by Gasteiger charge is 2.41. The van der Waals surface area contributed by atoms with Crippen molar-refractivity contribution in [3.63, 3.8) is 0 Å². The van der Waals surface area contributed by atoms with E-state index in [1.54, 1.807) is 0 Å². The fourth-order valence-corrected chi connectivity index (χ4v) is 3.18. The van der Waals surface area contributed by atoms with Crippen molar-refractivity contribution >= 4 is 23.5 Å². The summed E-state index contributed by atoms with van der Waals surface area (Å²) in [6, 6.07) is -0.715. The lowest BCUT2D eigenvalue weighted by Crippen LogP contribution is -2.50. The van der Waals surface area contributed by atoms with Gasteiger partial charge in [0.25, 0.3) is 5.91 Å². The maximum absolute atomic E-state index is 13.0. The highest BCUT2D eigenvalue weighted by atomic mass is 16.5. The number of hydrogen-bond acceptors (Lipinski definition) is 7. The molecule has 27 heavy (non-hydrogen) atoms. The molecule has 3 amide bonds. The summed E-state index contributed by atoms with van der Waals surface area (Å²) < 4.78 is 0. The number of unbranched alkanes of at least 4 members (excludes halogenated alkanes) is 1. The molecule has 1 saturated heterocycles. The normalized spacial score (nSPS) is 18.6. The van der Waals surface area contributed by atoms with Crippen LogP contribution in [0.15, 0.2) is 18.6 Å². The summed E-state index contributed by atoms with van der Waals surface area (Å²) in [6.07, 6.45) is 5.42. The molecule has 1 aromatic heterocycles. The number of anilines is 1. The Balaban J connectivity index is 2.12. The van der Waals surface area contributed by atoms with E-state index in [1.807, 2.05) is 6.92 Å². The molecule has 0 spiro atoms. The number of aliphatic hydroxyl groups excluding tert-OH is 1. The number of hydrogen-bond donors (Lipinski definition) is 4. The van der Waals surface area contributed by atoms with Crippen LogP contribution in [0.25, 0.3) is 0 Å². The number of nitrogens with one attached hydrogen (secondary N) is 2. The number of nitrogens with zero attached hydrogens (tertiary/aromatic N) is 3. The highest BCUT2D eigenvalue weighted by Crippen LogP contribution is 2.25. The van der Waals surface area contributed by atoms with E-state index in [2.05, 4.69) is 15.3 Å². The van der Waals surface area contributed by atoms with E-state index < -0.39 is 35.8 Å². The first-order valence-corrected chi connectivity index (χ1v) is 8.99. The van der Waals surface area contributed by atoms with Gasteiger partial charge in [-0.25, -0.2) is 10.5 Å².